The average molecular weight is 285 g/mol. The van der Waals surface area contributed by atoms with Crippen molar-refractivity contribution in [2.24, 2.45) is 5.92 Å². The van der Waals surface area contributed by atoms with Crippen LogP contribution in [0.4, 0.5) is 0 Å². The maximum Gasteiger partial charge on any atom is 0.231 e. The van der Waals surface area contributed by atoms with Crippen LogP contribution in [0.1, 0.15) is 55.5 Å². The summed E-state index contributed by atoms with van der Waals surface area (Å²) < 4.78 is 0. The lowest BCUT2D eigenvalue weighted by molar-refractivity contribution is -0.125. The van der Waals surface area contributed by atoms with Gasteiger partial charge in [0.25, 0.3) is 0 Å². The van der Waals surface area contributed by atoms with Crippen molar-refractivity contribution in [2.45, 2.75) is 45.4 Å². The molecule has 1 N–H and O–H groups in total. The van der Waals surface area contributed by atoms with Crippen LogP contribution in [0.2, 0.25) is 0 Å². The van der Waals surface area contributed by atoms with Crippen molar-refractivity contribution in [2.75, 3.05) is 0 Å². The predicted molar refractivity (Wildman–Crippen MR) is 78.3 cm³/mol. The number of aromatic nitrogens is 2. The molecule has 0 bridgehead atoms. The number of Topliss-reactive ketones (excluding diaryl/α,β-unsaturated/α-hetero) is 1. The molecule has 2 aliphatic rings. The third-order valence-corrected chi connectivity index (χ3v) is 4.27. The molecule has 0 radical (unpaired) electrons. The fourth-order valence-electron chi connectivity index (χ4n) is 3.03. The van der Waals surface area contributed by atoms with Crippen molar-refractivity contribution in [3.8, 4) is 0 Å². The molecule has 0 saturated heterocycles. The maximum absolute atomic E-state index is 12.0. The van der Waals surface area contributed by atoms with Gasteiger partial charge in [-0.2, -0.15) is 10.2 Å². The number of hydrogen-bond acceptors (Lipinski definition) is 4. The van der Waals surface area contributed by atoms with E-state index in [1.807, 2.05) is 13.0 Å². The molecule has 0 aromatic carbocycles. The molecule has 5 heteroatoms. The van der Waals surface area contributed by atoms with Gasteiger partial charge in [0.15, 0.2) is 5.78 Å². The van der Waals surface area contributed by atoms with Gasteiger partial charge in [-0.3, -0.25) is 9.59 Å². The van der Waals surface area contributed by atoms with Crippen LogP contribution in [-0.4, -0.2) is 21.9 Å². The fourth-order valence-corrected chi connectivity index (χ4v) is 3.03. The molecule has 3 rings (SSSR count). The molecule has 110 valence electrons. The number of ketones is 1. The highest BCUT2D eigenvalue weighted by molar-refractivity contribution is 6.27. The molecule has 1 aliphatic carbocycles. The summed E-state index contributed by atoms with van der Waals surface area (Å²) in [6, 6.07) is 1.98. The molecule has 21 heavy (non-hydrogen) atoms. The van der Waals surface area contributed by atoms with E-state index in [1.54, 1.807) is 0 Å². The second-order valence-electron chi connectivity index (χ2n) is 5.89. The first-order chi connectivity index (χ1) is 10.1. The van der Waals surface area contributed by atoms with E-state index in [0.717, 1.165) is 11.6 Å². The molecule has 1 fully saturated rings. The number of rotatable bonds is 4. The number of nitrogens with zero attached hydrogens (tertiary/aromatic N) is 2. The second-order valence-corrected chi connectivity index (χ2v) is 5.89. The van der Waals surface area contributed by atoms with Crippen LogP contribution < -0.4 is 5.32 Å². The Morgan fingerprint density at radius 2 is 2.14 bits per heavy atom. The molecule has 1 aliphatic heterocycles. The Kier molecular flexibility index (Phi) is 3.57. The summed E-state index contributed by atoms with van der Waals surface area (Å²) in [7, 11) is 0. The maximum atomic E-state index is 12.0. The first-order valence-electron chi connectivity index (χ1n) is 7.47. The van der Waals surface area contributed by atoms with Crippen LogP contribution in [0.5, 0.6) is 0 Å². The summed E-state index contributed by atoms with van der Waals surface area (Å²) >= 11 is 0. The molecule has 1 amide bonds. The zero-order valence-electron chi connectivity index (χ0n) is 12.3. The van der Waals surface area contributed by atoms with Gasteiger partial charge in [-0.25, -0.2) is 0 Å². The molecule has 2 atom stereocenters. The summed E-state index contributed by atoms with van der Waals surface area (Å²) in [4.78, 5) is 23.1. The lowest BCUT2D eigenvalue weighted by Gasteiger charge is -2.13. The summed E-state index contributed by atoms with van der Waals surface area (Å²) in [5.74, 6) is 0.826. The minimum atomic E-state index is -0.269. The van der Waals surface area contributed by atoms with E-state index in [-0.39, 0.29) is 18.1 Å². The lowest BCUT2D eigenvalue weighted by atomic mass is 9.99. The standard InChI is InChI=1S/C16H19N3O2/c1-3-4-10-5-12(10)11-6-14(19-18-9(11)2)13-8-17-16(21)7-15(13)20/h6,8,10,12H,3-5,7H2,1-2H3,(H,17,21)/t10-,12-/m0/s1. The molecule has 0 unspecified atom stereocenters. The van der Waals surface area contributed by atoms with Crippen molar-refractivity contribution in [3.63, 3.8) is 0 Å². The van der Waals surface area contributed by atoms with Crippen LogP contribution >= 0.6 is 0 Å². The number of nitrogens with one attached hydrogen (secondary N) is 1. The van der Waals surface area contributed by atoms with E-state index < -0.39 is 0 Å². The van der Waals surface area contributed by atoms with Crippen LogP contribution in [0.3, 0.4) is 0 Å². The molecule has 1 aromatic rings. The van der Waals surface area contributed by atoms with Crippen molar-refractivity contribution in [1.29, 1.82) is 0 Å². The highest BCUT2D eigenvalue weighted by Gasteiger charge is 2.39. The van der Waals surface area contributed by atoms with Crippen molar-refractivity contribution >= 4 is 17.3 Å². The van der Waals surface area contributed by atoms with Crippen LogP contribution in [0.25, 0.3) is 5.57 Å². The Bertz CT molecular complexity index is 636. The number of carbonyl (C=O) groups excluding carboxylic acids is 2. The Hall–Kier alpha value is -2.04. The SMILES string of the molecule is CCC[C@H]1C[C@@H]1c1cc(C2=CNC(=O)CC2=O)nnc1C. The van der Waals surface area contributed by atoms with Gasteiger partial charge >= 0.3 is 0 Å². The normalized spacial score (nSPS) is 24.6. The lowest BCUT2D eigenvalue weighted by Crippen LogP contribution is -2.27. The molecular weight excluding hydrogens is 266 g/mol. The Labute approximate surface area is 123 Å². The van der Waals surface area contributed by atoms with E-state index in [1.165, 1.54) is 31.0 Å². The smallest absolute Gasteiger partial charge is 0.231 e. The third kappa shape index (κ3) is 2.73. The van der Waals surface area contributed by atoms with Crippen molar-refractivity contribution in [1.82, 2.24) is 15.5 Å². The Morgan fingerprint density at radius 1 is 1.33 bits per heavy atom. The van der Waals surface area contributed by atoms with E-state index >= 15 is 0 Å². The fraction of sp³-hybridized carbons (Fsp3) is 0.500. The van der Waals surface area contributed by atoms with E-state index in [4.69, 9.17) is 0 Å². The van der Waals surface area contributed by atoms with Gasteiger partial charge in [0.05, 0.1) is 23.4 Å². The van der Waals surface area contributed by atoms with Crippen molar-refractivity contribution < 1.29 is 9.59 Å². The van der Waals surface area contributed by atoms with Gasteiger partial charge in [0.1, 0.15) is 0 Å². The van der Waals surface area contributed by atoms with Gasteiger partial charge in [-0.1, -0.05) is 19.8 Å². The topological polar surface area (TPSA) is 72.0 Å². The van der Waals surface area contributed by atoms with Crippen LogP contribution in [0.15, 0.2) is 12.3 Å². The minimum absolute atomic E-state index is 0.112. The summed E-state index contributed by atoms with van der Waals surface area (Å²) in [5, 5.41) is 10.9. The first-order valence-corrected chi connectivity index (χ1v) is 7.47. The molecule has 1 aromatic heterocycles. The quantitative estimate of drug-likeness (QED) is 0.860. The van der Waals surface area contributed by atoms with E-state index in [9.17, 15) is 9.59 Å². The molecular formula is C16H19N3O2. The predicted octanol–water partition coefficient (Wildman–Crippen LogP) is 2.12. The number of carbonyl (C=O) groups is 2. The third-order valence-electron chi connectivity index (χ3n) is 4.27. The van der Waals surface area contributed by atoms with Gasteiger partial charge in [-0.15, -0.1) is 0 Å². The molecule has 0 spiro atoms. The number of allylic oxidation sites excluding steroid dienone is 1. The largest absolute Gasteiger partial charge is 0.331 e. The second kappa shape index (κ2) is 5.39. The number of aryl methyl sites for hydroxylation is 1. The Balaban J connectivity index is 1.88. The Morgan fingerprint density at radius 3 is 2.86 bits per heavy atom. The molecule has 5 nitrogen and oxygen atoms in total. The molecule has 2 heterocycles. The van der Waals surface area contributed by atoms with Gasteiger partial charge in [0.2, 0.25) is 5.91 Å². The molecule has 1 saturated carbocycles. The van der Waals surface area contributed by atoms with Crippen LogP contribution in [-0.2, 0) is 9.59 Å². The summed E-state index contributed by atoms with van der Waals surface area (Å²) in [6.07, 6.45) is 4.97. The van der Waals surface area contributed by atoms with Crippen LogP contribution in [0, 0.1) is 12.8 Å². The minimum Gasteiger partial charge on any atom is -0.331 e. The van der Waals surface area contributed by atoms with Gasteiger partial charge in [-0.05, 0) is 36.8 Å². The van der Waals surface area contributed by atoms with E-state index in [0.29, 0.717) is 17.2 Å². The monoisotopic (exact) mass is 285 g/mol. The highest BCUT2D eigenvalue weighted by Crippen LogP contribution is 2.50. The van der Waals surface area contributed by atoms with E-state index in [2.05, 4.69) is 22.4 Å². The van der Waals surface area contributed by atoms with Gasteiger partial charge < -0.3 is 5.32 Å². The summed E-state index contributed by atoms with van der Waals surface area (Å²) in [5.41, 5.74) is 3.16. The highest BCUT2D eigenvalue weighted by atomic mass is 16.2. The van der Waals surface area contributed by atoms with Gasteiger partial charge in [0, 0.05) is 6.20 Å². The van der Waals surface area contributed by atoms with Crippen molar-refractivity contribution in [3.05, 3.63) is 29.2 Å². The summed E-state index contributed by atoms with van der Waals surface area (Å²) in [6.45, 7) is 4.17. The average Bonchev–Trinajstić information content (AvgIpc) is 3.19. The first kappa shape index (κ1) is 13.9. The zero-order valence-corrected chi connectivity index (χ0v) is 12.3. The zero-order chi connectivity index (χ0) is 15.0. The number of hydrogen-bond donors (Lipinski definition) is 1. The number of amides is 1.